The van der Waals surface area contributed by atoms with E-state index in [4.69, 9.17) is 14.6 Å². The Morgan fingerprint density at radius 2 is 1.81 bits per heavy atom. The van der Waals surface area contributed by atoms with E-state index in [9.17, 15) is 0 Å². The van der Waals surface area contributed by atoms with E-state index in [0.717, 1.165) is 11.4 Å². The quantitative estimate of drug-likeness (QED) is 0.559. The van der Waals surface area contributed by atoms with Gasteiger partial charge in [-0.2, -0.15) is 4.98 Å². The first-order valence-electron chi connectivity index (χ1n) is 8.37. The zero-order valence-electron chi connectivity index (χ0n) is 15.1. The third kappa shape index (κ3) is 4.62. The van der Waals surface area contributed by atoms with E-state index < -0.39 is 0 Å². The fourth-order valence-electron chi connectivity index (χ4n) is 2.47. The van der Waals surface area contributed by atoms with Gasteiger partial charge in [-0.15, -0.1) is 0 Å². The van der Waals surface area contributed by atoms with E-state index in [0.29, 0.717) is 35.5 Å². The summed E-state index contributed by atoms with van der Waals surface area (Å²) in [5, 5.41) is 15.3. The summed E-state index contributed by atoms with van der Waals surface area (Å²) in [7, 11) is 3.18. The van der Waals surface area contributed by atoms with Crippen molar-refractivity contribution in [2.24, 2.45) is 0 Å². The average molecular weight is 367 g/mol. The molecule has 0 aliphatic rings. The molecule has 3 N–H and O–H groups in total. The monoisotopic (exact) mass is 367 g/mol. The second kappa shape index (κ2) is 8.81. The zero-order valence-corrected chi connectivity index (χ0v) is 15.1. The van der Waals surface area contributed by atoms with E-state index in [1.807, 2.05) is 42.5 Å². The van der Waals surface area contributed by atoms with Crippen molar-refractivity contribution in [3.8, 4) is 22.9 Å². The summed E-state index contributed by atoms with van der Waals surface area (Å²) in [5.74, 6) is 2.24. The second-order valence-electron chi connectivity index (χ2n) is 5.52. The summed E-state index contributed by atoms with van der Waals surface area (Å²) in [6.45, 7) is 0.330. The van der Waals surface area contributed by atoms with Crippen molar-refractivity contribution in [3.63, 3.8) is 0 Å². The van der Waals surface area contributed by atoms with Crippen LogP contribution in [0.15, 0.2) is 48.7 Å². The number of pyridine rings is 1. The van der Waals surface area contributed by atoms with Crippen LogP contribution in [-0.2, 0) is 0 Å². The fraction of sp³-hybridized carbons (Fsp3) is 0.211. The van der Waals surface area contributed by atoms with Crippen LogP contribution in [0.2, 0.25) is 0 Å². The highest BCUT2D eigenvalue weighted by Crippen LogP contribution is 2.31. The van der Waals surface area contributed by atoms with Gasteiger partial charge in [-0.1, -0.05) is 6.07 Å². The highest BCUT2D eigenvalue weighted by atomic mass is 16.5. The lowest BCUT2D eigenvalue weighted by molar-refractivity contribution is 0.311. The molecule has 0 saturated heterocycles. The molecule has 0 atom stereocenters. The number of methoxy groups -OCH3 is 2. The number of nitrogens with zero attached hydrogens (tertiary/aromatic N) is 3. The maximum Gasteiger partial charge on any atom is 0.225 e. The topological polar surface area (TPSA) is 101 Å². The highest BCUT2D eigenvalue weighted by Gasteiger charge is 2.10. The molecule has 27 heavy (non-hydrogen) atoms. The van der Waals surface area contributed by atoms with E-state index >= 15 is 0 Å². The Hall–Kier alpha value is -3.39. The van der Waals surface area contributed by atoms with Gasteiger partial charge in [0.1, 0.15) is 5.82 Å². The number of hydrogen-bond donors (Lipinski definition) is 3. The lowest BCUT2D eigenvalue weighted by Gasteiger charge is -2.13. The number of aliphatic hydroxyl groups excluding tert-OH is 1. The minimum Gasteiger partial charge on any atom is -0.493 e. The van der Waals surface area contributed by atoms with Crippen molar-refractivity contribution in [1.82, 2.24) is 15.0 Å². The lowest BCUT2D eigenvalue weighted by atomic mass is 10.2. The average Bonchev–Trinajstić information content (AvgIpc) is 2.72. The number of benzene rings is 1. The molecule has 8 heteroatoms. The van der Waals surface area contributed by atoms with Crippen LogP contribution in [0.3, 0.4) is 0 Å². The normalized spacial score (nSPS) is 10.3. The molecule has 3 aromatic rings. The van der Waals surface area contributed by atoms with E-state index in [2.05, 4.69) is 25.6 Å². The Bertz CT molecular complexity index is 890. The summed E-state index contributed by atoms with van der Waals surface area (Å²) >= 11 is 0. The van der Waals surface area contributed by atoms with Crippen molar-refractivity contribution < 1.29 is 14.6 Å². The molecule has 0 aliphatic heterocycles. The van der Waals surface area contributed by atoms with Crippen LogP contribution in [0, 0.1) is 0 Å². The number of nitrogens with one attached hydrogen (secondary N) is 2. The minimum absolute atomic E-state index is 0.0182. The first kappa shape index (κ1) is 18.4. The SMILES string of the molecule is COc1ccc(Nc2cc(-c3ccccn3)nc(NCCO)n2)cc1OC. The molecule has 0 bridgehead atoms. The second-order valence-corrected chi connectivity index (χ2v) is 5.52. The van der Waals surface area contributed by atoms with Crippen LogP contribution in [0.25, 0.3) is 11.4 Å². The molecule has 3 rings (SSSR count). The molecular formula is C19H21N5O3. The lowest BCUT2D eigenvalue weighted by Crippen LogP contribution is -2.10. The van der Waals surface area contributed by atoms with Gasteiger partial charge in [0, 0.05) is 30.6 Å². The summed E-state index contributed by atoms with van der Waals surface area (Å²) in [4.78, 5) is 13.2. The summed E-state index contributed by atoms with van der Waals surface area (Å²) < 4.78 is 10.6. The molecule has 2 aromatic heterocycles. The van der Waals surface area contributed by atoms with Gasteiger partial charge in [-0.25, -0.2) is 4.98 Å². The molecule has 0 amide bonds. The van der Waals surface area contributed by atoms with Crippen LogP contribution < -0.4 is 20.1 Å². The first-order valence-corrected chi connectivity index (χ1v) is 8.37. The minimum atomic E-state index is -0.0182. The summed E-state index contributed by atoms with van der Waals surface area (Å²) in [6.07, 6.45) is 1.71. The van der Waals surface area contributed by atoms with Crippen LogP contribution >= 0.6 is 0 Å². The maximum absolute atomic E-state index is 9.05. The van der Waals surface area contributed by atoms with Crippen molar-refractivity contribution in [3.05, 3.63) is 48.7 Å². The maximum atomic E-state index is 9.05. The Kier molecular flexibility index (Phi) is 6.01. The van der Waals surface area contributed by atoms with Crippen LogP contribution in [0.4, 0.5) is 17.5 Å². The molecule has 1 aromatic carbocycles. The molecule has 0 unspecified atom stereocenters. The number of aliphatic hydroxyl groups is 1. The predicted octanol–water partition coefficient (Wildman–Crippen LogP) is 2.70. The van der Waals surface area contributed by atoms with Crippen molar-refractivity contribution in [2.45, 2.75) is 0 Å². The molecule has 0 fully saturated rings. The number of aromatic nitrogens is 3. The van der Waals surface area contributed by atoms with Gasteiger partial charge in [-0.05, 0) is 24.3 Å². The Balaban J connectivity index is 1.94. The number of ether oxygens (including phenoxy) is 2. The van der Waals surface area contributed by atoms with Crippen LogP contribution in [0.1, 0.15) is 0 Å². The molecule has 8 nitrogen and oxygen atoms in total. The van der Waals surface area contributed by atoms with Gasteiger partial charge in [0.2, 0.25) is 5.95 Å². The first-order chi connectivity index (χ1) is 13.2. The fourth-order valence-corrected chi connectivity index (χ4v) is 2.47. The number of rotatable bonds is 8. The van der Waals surface area contributed by atoms with Crippen molar-refractivity contribution in [2.75, 3.05) is 38.0 Å². The smallest absolute Gasteiger partial charge is 0.225 e. The molecular weight excluding hydrogens is 346 g/mol. The molecule has 0 spiro atoms. The number of anilines is 3. The van der Waals surface area contributed by atoms with Gasteiger partial charge < -0.3 is 25.2 Å². The molecule has 2 heterocycles. The summed E-state index contributed by atoms with van der Waals surface area (Å²) in [6, 6.07) is 12.9. The molecule has 0 aliphatic carbocycles. The standard InChI is InChI=1S/C19H21N5O3/c1-26-16-7-6-13(11-17(16)27-2)22-18-12-15(14-5-3-4-8-20-14)23-19(24-18)21-9-10-25/h3-8,11-12,25H,9-10H2,1-2H3,(H2,21,22,23,24). The van der Waals surface area contributed by atoms with Gasteiger partial charge in [0.15, 0.2) is 11.5 Å². The number of hydrogen-bond acceptors (Lipinski definition) is 8. The Morgan fingerprint density at radius 3 is 2.52 bits per heavy atom. The van der Waals surface area contributed by atoms with Gasteiger partial charge >= 0.3 is 0 Å². The van der Waals surface area contributed by atoms with E-state index in [1.54, 1.807) is 20.4 Å². The van der Waals surface area contributed by atoms with E-state index in [-0.39, 0.29) is 6.61 Å². The summed E-state index contributed by atoms with van der Waals surface area (Å²) in [5.41, 5.74) is 2.17. The van der Waals surface area contributed by atoms with Gasteiger partial charge in [0.05, 0.1) is 32.2 Å². The Labute approximate surface area is 157 Å². The van der Waals surface area contributed by atoms with Crippen molar-refractivity contribution in [1.29, 1.82) is 0 Å². The van der Waals surface area contributed by atoms with Gasteiger partial charge in [-0.3, -0.25) is 4.98 Å². The van der Waals surface area contributed by atoms with Crippen LogP contribution in [-0.4, -0.2) is 47.4 Å². The zero-order chi connectivity index (χ0) is 19.1. The predicted molar refractivity (Wildman–Crippen MR) is 104 cm³/mol. The van der Waals surface area contributed by atoms with Crippen LogP contribution in [0.5, 0.6) is 11.5 Å². The molecule has 0 saturated carbocycles. The van der Waals surface area contributed by atoms with Gasteiger partial charge in [0.25, 0.3) is 0 Å². The third-order valence-electron chi connectivity index (χ3n) is 3.70. The molecule has 0 radical (unpaired) electrons. The van der Waals surface area contributed by atoms with E-state index in [1.165, 1.54) is 0 Å². The third-order valence-corrected chi connectivity index (χ3v) is 3.70. The largest absolute Gasteiger partial charge is 0.493 e. The Morgan fingerprint density at radius 1 is 0.963 bits per heavy atom. The highest BCUT2D eigenvalue weighted by molar-refractivity contribution is 5.67. The molecule has 140 valence electrons. The van der Waals surface area contributed by atoms with Crippen molar-refractivity contribution >= 4 is 17.5 Å².